The molecule has 6 heteroatoms. The standard InChI is InChI=1S/C17H15Cl2N3S/c1-2-22-16(14-9-8-13(18)10-15(14)19)20-21-17(22)23-11-12-6-4-3-5-7-12/h3-10H,2,11H2,1H3. The molecule has 0 bridgehead atoms. The molecule has 3 rings (SSSR count). The smallest absolute Gasteiger partial charge is 0.191 e. The van der Waals surface area contributed by atoms with Gasteiger partial charge in [0.15, 0.2) is 11.0 Å². The van der Waals surface area contributed by atoms with Gasteiger partial charge >= 0.3 is 0 Å². The Bertz CT molecular complexity index is 803. The Morgan fingerprint density at radius 1 is 1.04 bits per heavy atom. The van der Waals surface area contributed by atoms with Gasteiger partial charge in [-0.15, -0.1) is 10.2 Å². The molecule has 0 saturated carbocycles. The van der Waals surface area contributed by atoms with Gasteiger partial charge in [0.05, 0.1) is 5.02 Å². The Morgan fingerprint density at radius 2 is 1.83 bits per heavy atom. The molecular formula is C17H15Cl2N3S. The van der Waals surface area contributed by atoms with Crippen LogP contribution in [0.3, 0.4) is 0 Å². The number of thioether (sulfide) groups is 1. The summed E-state index contributed by atoms with van der Waals surface area (Å²) in [5.41, 5.74) is 2.10. The molecule has 0 fully saturated rings. The summed E-state index contributed by atoms with van der Waals surface area (Å²) in [5.74, 6) is 1.62. The Kier molecular flexibility index (Phi) is 5.26. The number of halogens is 2. The van der Waals surface area contributed by atoms with E-state index in [-0.39, 0.29) is 0 Å². The molecule has 118 valence electrons. The van der Waals surface area contributed by atoms with Crippen LogP contribution in [0.15, 0.2) is 53.7 Å². The van der Waals surface area contributed by atoms with Crippen molar-refractivity contribution in [3.8, 4) is 11.4 Å². The quantitative estimate of drug-likeness (QED) is 0.555. The first kappa shape index (κ1) is 16.4. The highest BCUT2D eigenvalue weighted by molar-refractivity contribution is 7.98. The highest BCUT2D eigenvalue weighted by Crippen LogP contribution is 2.32. The maximum absolute atomic E-state index is 6.30. The fraction of sp³-hybridized carbons (Fsp3) is 0.176. The molecule has 0 spiro atoms. The third kappa shape index (κ3) is 3.71. The molecule has 0 aliphatic rings. The molecule has 2 aromatic carbocycles. The molecule has 1 heterocycles. The minimum absolute atomic E-state index is 0.583. The summed E-state index contributed by atoms with van der Waals surface area (Å²) in [6.07, 6.45) is 0. The lowest BCUT2D eigenvalue weighted by molar-refractivity contribution is 0.687. The summed E-state index contributed by atoms with van der Waals surface area (Å²) in [5, 5.41) is 10.7. The van der Waals surface area contributed by atoms with E-state index in [1.165, 1.54) is 5.56 Å². The van der Waals surface area contributed by atoms with Crippen LogP contribution in [0.5, 0.6) is 0 Å². The molecular weight excluding hydrogens is 349 g/mol. The Morgan fingerprint density at radius 3 is 2.52 bits per heavy atom. The lowest BCUT2D eigenvalue weighted by Crippen LogP contribution is -2.00. The Balaban J connectivity index is 1.87. The largest absolute Gasteiger partial charge is 0.302 e. The van der Waals surface area contributed by atoms with Crippen molar-refractivity contribution in [1.82, 2.24) is 14.8 Å². The van der Waals surface area contributed by atoms with Crippen molar-refractivity contribution in [2.75, 3.05) is 0 Å². The molecule has 0 amide bonds. The summed E-state index contributed by atoms with van der Waals surface area (Å²) >= 11 is 13.9. The summed E-state index contributed by atoms with van der Waals surface area (Å²) in [6.45, 7) is 2.85. The molecule has 0 N–H and O–H groups in total. The molecule has 0 unspecified atom stereocenters. The number of aromatic nitrogens is 3. The van der Waals surface area contributed by atoms with Crippen molar-refractivity contribution < 1.29 is 0 Å². The SMILES string of the molecule is CCn1c(SCc2ccccc2)nnc1-c1ccc(Cl)cc1Cl. The molecule has 0 saturated heterocycles. The van der Waals surface area contributed by atoms with E-state index in [0.29, 0.717) is 10.0 Å². The first-order chi connectivity index (χ1) is 11.2. The van der Waals surface area contributed by atoms with Crippen molar-refractivity contribution in [1.29, 1.82) is 0 Å². The van der Waals surface area contributed by atoms with E-state index in [9.17, 15) is 0 Å². The minimum Gasteiger partial charge on any atom is -0.302 e. The third-order valence-electron chi connectivity index (χ3n) is 3.42. The third-order valence-corrected chi connectivity index (χ3v) is 5.00. The van der Waals surface area contributed by atoms with Crippen molar-refractivity contribution in [2.45, 2.75) is 24.4 Å². The molecule has 3 aromatic rings. The Labute approximate surface area is 149 Å². The number of nitrogens with zero attached hydrogens (tertiary/aromatic N) is 3. The van der Waals surface area contributed by atoms with Crippen LogP contribution in [0.4, 0.5) is 0 Å². The van der Waals surface area contributed by atoms with E-state index in [1.807, 2.05) is 30.3 Å². The summed E-state index contributed by atoms with van der Waals surface area (Å²) in [6, 6.07) is 15.7. The molecule has 0 atom stereocenters. The van der Waals surface area contributed by atoms with Crippen LogP contribution in [0.2, 0.25) is 10.0 Å². The van der Waals surface area contributed by atoms with E-state index in [4.69, 9.17) is 23.2 Å². The van der Waals surface area contributed by atoms with Gasteiger partial charge in [0.25, 0.3) is 0 Å². The van der Waals surface area contributed by atoms with Gasteiger partial charge in [-0.2, -0.15) is 0 Å². The van der Waals surface area contributed by atoms with Gasteiger partial charge in [0.1, 0.15) is 0 Å². The molecule has 0 aliphatic heterocycles. The number of hydrogen-bond donors (Lipinski definition) is 0. The maximum atomic E-state index is 6.30. The second kappa shape index (κ2) is 7.39. The lowest BCUT2D eigenvalue weighted by Gasteiger charge is -2.08. The van der Waals surface area contributed by atoms with Gasteiger partial charge < -0.3 is 4.57 Å². The fourth-order valence-corrected chi connectivity index (χ4v) is 3.72. The number of hydrogen-bond acceptors (Lipinski definition) is 3. The van der Waals surface area contributed by atoms with E-state index in [0.717, 1.165) is 28.8 Å². The zero-order valence-electron chi connectivity index (χ0n) is 12.5. The second-order valence-corrected chi connectivity index (χ2v) is 6.74. The van der Waals surface area contributed by atoms with Gasteiger partial charge in [-0.3, -0.25) is 0 Å². The van der Waals surface area contributed by atoms with Crippen LogP contribution < -0.4 is 0 Å². The first-order valence-electron chi connectivity index (χ1n) is 7.24. The topological polar surface area (TPSA) is 30.7 Å². The predicted octanol–water partition coefficient (Wildman–Crippen LogP) is 5.56. The number of benzene rings is 2. The van der Waals surface area contributed by atoms with Gasteiger partial charge in [0.2, 0.25) is 0 Å². The molecule has 3 nitrogen and oxygen atoms in total. The monoisotopic (exact) mass is 363 g/mol. The zero-order valence-corrected chi connectivity index (χ0v) is 14.9. The van der Waals surface area contributed by atoms with Crippen LogP contribution in [0.1, 0.15) is 12.5 Å². The van der Waals surface area contributed by atoms with Gasteiger partial charge in [-0.25, -0.2) is 0 Å². The molecule has 23 heavy (non-hydrogen) atoms. The van der Waals surface area contributed by atoms with Gasteiger partial charge in [0, 0.05) is 22.9 Å². The fourth-order valence-electron chi connectivity index (χ4n) is 2.27. The van der Waals surface area contributed by atoms with Crippen LogP contribution in [-0.4, -0.2) is 14.8 Å². The lowest BCUT2D eigenvalue weighted by atomic mass is 10.2. The summed E-state index contributed by atoms with van der Waals surface area (Å²) in [7, 11) is 0. The van der Waals surface area contributed by atoms with Crippen molar-refractivity contribution >= 4 is 35.0 Å². The molecule has 0 aliphatic carbocycles. The van der Waals surface area contributed by atoms with E-state index >= 15 is 0 Å². The van der Waals surface area contributed by atoms with Gasteiger partial charge in [-0.1, -0.05) is 65.3 Å². The van der Waals surface area contributed by atoms with Crippen molar-refractivity contribution in [3.05, 3.63) is 64.1 Å². The van der Waals surface area contributed by atoms with Crippen LogP contribution in [0.25, 0.3) is 11.4 Å². The van der Waals surface area contributed by atoms with E-state index < -0.39 is 0 Å². The summed E-state index contributed by atoms with van der Waals surface area (Å²) in [4.78, 5) is 0. The van der Waals surface area contributed by atoms with Crippen molar-refractivity contribution in [3.63, 3.8) is 0 Å². The minimum atomic E-state index is 0.583. The highest BCUT2D eigenvalue weighted by atomic mass is 35.5. The highest BCUT2D eigenvalue weighted by Gasteiger charge is 2.15. The van der Waals surface area contributed by atoms with Crippen LogP contribution in [0, 0.1) is 0 Å². The second-order valence-electron chi connectivity index (χ2n) is 4.95. The van der Waals surface area contributed by atoms with E-state index in [2.05, 4.69) is 33.8 Å². The maximum Gasteiger partial charge on any atom is 0.191 e. The zero-order chi connectivity index (χ0) is 16.2. The normalized spacial score (nSPS) is 10.9. The van der Waals surface area contributed by atoms with Crippen LogP contribution >= 0.6 is 35.0 Å². The first-order valence-corrected chi connectivity index (χ1v) is 8.98. The molecule has 1 aromatic heterocycles. The average Bonchev–Trinajstić information content (AvgIpc) is 2.96. The average molecular weight is 364 g/mol. The predicted molar refractivity (Wildman–Crippen MR) is 97.2 cm³/mol. The van der Waals surface area contributed by atoms with E-state index in [1.54, 1.807) is 17.8 Å². The Hall–Kier alpha value is -1.49. The number of rotatable bonds is 5. The summed E-state index contributed by atoms with van der Waals surface area (Å²) < 4.78 is 2.07. The van der Waals surface area contributed by atoms with Crippen LogP contribution in [-0.2, 0) is 12.3 Å². The van der Waals surface area contributed by atoms with Gasteiger partial charge in [-0.05, 0) is 30.7 Å². The molecule has 0 radical (unpaired) electrons. The van der Waals surface area contributed by atoms with Crippen molar-refractivity contribution in [2.24, 2.45) is 0 Å².